The van der Waals surface area contributed by atoms with E-state index in [2.05, 4.69) is 15.3 Å². The highest BCUT2D eigenvalue weighted by Gasteiger charge is 2.00. The maximum Gasteiger partial charge on any atom is 0.293 e. The Morgan fingerprint density at radius 2 is 2.24 bits per heavy atom. The highest BCUT2D eigenvalue weighted by atomic mass is 16.1. The standard InChI is InChI=1S/C11H15N5O/c1-15-7-5-14-10(11(15)17)13-3-2-6-16-8-4-12-9-16/h4-5,7-9H,2-3,6H2,1H3,(H,13,14). The van der Waals surface area contributed by atoms with Crippen LogP contribution in [-0.4, -0.2) is 25.6 Å². The minimum absolute atomic E-state index is 0.102. The number of anilines is 1. The van der Waals surface area contributed by atoms with E-state index in [1.807, 2.05) is 10.8 Å². The molecule has 90 valence electrons. The first-order valence-electron chi connectivity index (χ1n) is 5.48. The molecule has 0 aliphatic heterocycles. The Morgan fingerprint density at radius 1 is 1.35 bits per heavy atom. The van der Waals surface area contributed by atoms with Crippen molar-refractivity contribution in [2.24, 2.45) is 7.05 Å². The predicted molar refractivity (Wildman–Crippen MR) is 64.8 cm³/mol. The van der Waals surface area contributed by atoms with Gasteiger partial charge in [-0.1, -0.05) is 0 Å². The molecule has 0 radical (unpaired) electrons. The van der Waals surface area contributed by atoms with Crippen molar-refractivity contribution in [3.8, 4) is 0 Å². The molecule has 17 heavy (non-hydrogen) atoms. The van der Waals surface area contributed by atoms with E-state index in [1.165, 1.54) is 4.57 Å². The molecule has 0 aliphatic carbocycles. The Morgan fingerprint density at radius 3 is 3.00 bits per heavy atom. The first kappa shape index (κ1) is 11.4. The van der Waals surface area contributed by atoms with Crippen molar-refractivity contribution in [3.05, 3.63) is 41.5 Å². The van der Waals surface area contributed by atoms with Crippen molar-refractivity contribution in [2.75, 3.05) is 11.9 Å². The fourth-order valence-corrected chi connectivity index (χ4v) is 1.51. The number of nitrogens with zero attached hydrogens (tertiary/aromatic N) is 4. The van der Waals surface area contributed by atoms with Gasteiger partial charge >= 0.3 is 0 Å². The average Bonchev–Trinajstić information content (AvgIpc) is 2.83. The summed E-state index contributed by atoms with van der Waals surface area (Å²) < 4.78 is 3.50. The largest absolute Gasteiger partial charge is 0.365 e. The van der Waals surface area contributed by atoms with Crippen LogP contribution in [0.15, 0.2) is 35.9 Å². The van der Waals surface area contributed by atoms with Gasteiger partial charge in [-0.2, -0.15) is 0 Å². The molecule has 0 saturated heterocycles. The first-order chi connectivity index (χ1) is 8.27. The summed E-state index contributed by atoms with van der Waals surface area (Å²) in [5, 5.41) is 3.04. The second kappa shape index (κ2) is 5.29. The summed E-state index contributed by atoms with van der Waals surface area (Å²) in [7, 11) is 1.71. The van der Waals surface area contributed by atoms with Crippen molar-refractivity contribution in [2.45, 2.75) is 13.0 Å². The molecule has 6 heteroatoms. The predicted octanol–water partition coefficient (Wildman–Crippen LogP) is 0.479. The van der Waals surface area contributed by atoms with Crippen LogP contribution in [0.3, 0.4) is 0 Å². The highest BCUT2D eigenvalue weighted by molar-refractivity contribution is 5.30. The van der Waals surface area contributed by atoms with E-state index in [-0.39, 0.29) is 5.56 Å². The lowest BCUT2D eigenvalue weighted by atomic mass is 10.4. The molecular weight excluding hydrogens is 218 g/mol. The Hall–Kier alpha value is -2.11. The molecule has 1 N–H and O–H groups in total. The molecule has 0 amide bonds. The van der Waals surface area contributed by atoms with E-state index in [0.29, 0.717) is 12.4 Å². The van der Waals surface area contributed by atoms with E-state index < -0.39 is 0 Å². The van der Waals surface area contributed by atoms with Gasteiger partial charge in [0.05, 0.1) is 6.33 Å². The lowest BCUT2D eigenvalue weighted by molar-refractivity contribution is 0.659. The average molecular weight is 233 g/mol. The van der Waals surface area contributed by atoms with Crippen molar-refractivity contribution in [3.63, 3.8) is 0 Å². The molecule has 2 rings (SSSR count). The van der Waals surface area contributed by atoms with Crippen molar-refractivity contribution in [1.29, 1.82) is 0 Å². The summed E-state index contributed by atoms with van der Waals surface area (Å²) in [6, 6.07) is 0. The summed E-state index contributed by atoms with van der Waals surface area (Å²) in [5.41, 5.74) is -0.102. The second-order valence-corrected chi connectivity index (χ2v) is 3.77. The maximum atomic E-state index is 11.6. The molecule has 0 unspecified atom stereocenters. The van der Waals surface area contributed by atoms with E-state index >= 15 is 0 Å². The van der Waals surface area contributed by atoms with Crippen molar-refractivity contribution < 1.29 is 0 Å². The van der Waals surface area contributed by atoms with Crippen LogP contribution < -0.4 is 10.9 Å². The number of hydrogen-bond acceptors (Lipinski definition) is 4. The molecule has 2 heterocycles. The molecule has 0 atom stereocenters. The summed E-state index contributed by atoms with van der Waals surface area (Å²) in [6.07, 6.45) is 9.61. The van der Waals surface area contributed by atoms with Crippen LogP contribution >= 0.6 is 0 Å². The number of nitrogens with one attached hydrogen (secondary N) is 1. The maximum absolute atomic E-state index is 11.6. The smallest absolute Gasteiger partial charge is 0.293 e. The van der Waals surface area contributed by atoms with E-state index in [9.17, 15) is 4.79 Å². The topological polar surface area (TPSA) is 64.7 Å². The molecule has 0 saturated carbocycles. The Bertz CT molecular complexity index is 517. The zero-order chi connectivity index (χ0) is 12.1. The normalized spacial score (nSPS) is 10.4. The minimum Gasteiger partial charge on any atom is -0.365 e. The van der Waals surface area contributed by atoms with Gasteiger partial charge in [0.1, 0.15) is 0 Å². The molecule has 0 fully saturated rings. The molecule has 0 aliphatic rings. The van der Waals surface area contributed by atoms with E-state index in [0.717, 1.165) is 13.0 Å². The summed E-state index contributed by atoms with van der Waals surface area (Å²) in [5.74, 6) is 0.403. The minimum atomic E-state index is -0.102. The number of imidazole rings is 1. The number of aryl methyl sites for hydroxylation is 2. The molecule has 6 nitrogen and oxygen atoms in total. The first-order valence-corrected chi connectivity index (χ1v) is 5.48. The number of rotatable bonds is 5. The van der Waals surface area contributed by atoms with Crippen molar-refractivity contribution >= 4 is 5.82 Å². The Balaban J connectivity index is 1.82. The zero-order valence-corrected chi connectivity index (χ0v) is 9.71. The van der Waals surface area contributed by atoms with Gasteiger partial charge in [-0.05, 0) is 6.42 Å². The van der Waals surface area contributed by atoms with Gasteiger partial charge < -0.3 is 14.5 Å². The summed E-state index contributed by atoms with van der Waals surface area (Å²) >= 11 is 0. The SMILES string of the molecule is Cn1ccnc(NCCCn2ccnc2)c1=O. The highest BCUT2D eigenvalue weighted by Crippen LogP contribution is 1.94. The summed E-state index contributed by atoms with van der Waals surface area (Å²) in [4.78, 5) is 19.6. The molecule has 0 aromatic carbocycles. The van der Waals surface area contributed by atoms with Crippen LogP contribution in [-0.2, 0) is 13.6 Å². The molecule has 2 aromatic rings. The zero-order valence-electron chi connectivity index (χ0n) is 9.71. The van der Waals surface area contributed by atoms with Gasteiger partial charge in [0.25, 0.3) is 5.56 Å². The lowest BCUT2D eigenvalue weighted by Gasteiger charge is -2.06. The third-order valence-electron chi connectivity index (χ3n) is 2.46. The number of hydrogen-bond donors (Lipinski definition) is 1. The van der Waals surface area contributed by atoms with Crippen LogP contribution in [0, 0.1) is 0 Å². The van der Waals surface area contributed by atoms with Crippen LogP contribution in [0.5, 0.6) is 0 Å². The molecule has 0 bridgehead atoms. The van der Waals surface area contributed by atoms with Gasteiger partial charge in [0.15, 0.2) is 5.82 Å². The van der Waals surface area contributed by atoms with Crippen LogP contribution in [0.1, 0.15) is 6.42 Å². The van der Waals surface area contributed by atoms with Gasteiger partial charge in [-0.25, -0.2) is 9.97 Å². The van der Waals surface area contributed by atoms with Gasteiger partial charge in [0, 0.05) is 44.9 Å². The van der Waals surface area contributed by atoms with Crippen LogP contribution in [0.25, 0.3) is 0 Å². The lowest BCUT2D eigenvalue weighted by Crippen LogP contribution is -2.22. The van der Waals surface area contributed by atoms with E-state index in [1.54, 1.807) is 32.0 Å². The van der Waals surface area contributed by atoms with Crippen LogP contribution in [0.4, 0.5) is 5.82 Å². The van der Waals surface area contributed by atoms with Crippen LogP contribution in [0.2, 0.25) is 0 Å². The molecular formula is C11H15N5O. The third kappa shape index (κ3) is 2.93. The Labute approximate surface area is 98.9 Å². The van der Waals surface area contributed by atoms with E-state index in [4.69, 9.17) is 0 Å². The number of aromatic nitrogens is 4. The Kier molecular flexibility index (Phi) is 3.54. The quantitative estimate of drug-likeness (QED) is 0.763. The third-order valence-corrected chi connectivity index (χ3v) is 2.46. The van der Waals surface area contributed by atoms with Gasteiger partial charge in [-0.15, -0.1) is 0 Å². The van der Waals surface area contributed by atoms with Crippen molar-refractivity contribution in [1.82, 2.24) is 19.1 Å². The summed E-state index contributed by atoms with van der Waals surface area (Å²) in [6.45, 7) is 1.59. The second-order valence-electron chi connectivity index (χ2n) is 3.77. The fraction of sp³-hybridized carbons (Fsp3) is 0.364. The molecule has 0 spiro atoms. The fourth-order valence-electron chi connectivity index (χ4n) is 1.51. The van der Waals surface area contributed by atoms with Gasteiger partial charge in [0.2, 0.25) is 0 Å². The molecule has 2 aromatic heterocycles. The monoisotopic (exact) mass is 233 g/mol. The van der Waals surface area contributed by atoms with Gasteiger partial charge in [-0.3, -0.25) is 4.79 Å².